The highest BCUT2D eigenvalue weighted by atomic mass is 35.5. The number of imidazole rings is 1. The molecule has 2 aromatic rings. The number of aromatic nitrogens is 2. The van der Waals surface area contributed by atoms with Crippen molar-refractivity contribution in [3.05, 3.63) is 47.0 Å². The summed E-state index contributed by atoms with van der Waals surface area (Å²) in [5.74, 6) is 0.911. The fraction of sp³-hybridized carbons (Fsp3) is 0.400. The summed E-state index contributed by atoms with van der Waals surface area (Å²) in [4.78, 5) is 3.37. The summed E-state index contributed by atoms with van der Waals surface area (Å²) in [6.07, 6.45) is 0.0775. The molecule has 0 amide bonds. The number of aryl methyl sites for hydroxylation is 1. The Balaban J connectivity index is 1.77. The van der Waals surface area contributed by atoms with Crippen LogP contribution in [0, 0.1) is 5.92 Å². The Labute approximate surface area is 147 Å². The van der Waals surface area contributed by atoms with Gasteiger partial charge in [0.1, 0.15) is 5.82 Å². The molecule has 1 aliphatic heterocycles. The van der Waals surface area contributed by atoms with Gasteiger partial charge >= 0.3 is 6.18 Å². The van der Waals surface area contributed by atoms with E-state index in [4.69, 9.17) is 11.6 Å². The third-order valence-electron chi connectivity index (χ3n) is 4.13. The van der Waals surface area contributed by atoms with Gasteiger partial charge in [-0.25, -0.2) is 18.1 Å². The molecule has 1 aliphatic rings. The van der Waals surface area contributed by atoms with Crippen LogP contribution in [0.4, 0.5) is 13.2 Å². The highest BCUT2D eigenvalue weighted by Gasteiger charge is 2.37. The maximum atomic E-state index is 13.1. The second kappa shape index (κ2) is 6.62. The largest absolute Gasteiger partial charge is 0.417 e. The van der Waals surface area contributed by atoms with Crippen LogP contribution in [0.3, 0.4) is 0 Å². The number of alkyl halides is 3. The molecule has 0 radical (unpaired) electrons. The first-order valence-corrected chi connectivity index (χ1v) is 9.39. The third-order valence-corrected chi connectivity index (χ3v) is 5.85. The minimum Gasteiger partial charge on any atom is -0.335 e. The van der Waals surface area contributed by atoms with Crippen LogP contribution in [-0.2, 0) is 29.2 Å². The van der Waals surface area contributed by atoms with Crippen molar-refractivity contribution in [2.45, 2.75) is 30.5 Å². The molecule has 0 spiro atoms. The van der Waals surface area contributed by atoms with Crippen LogP contribution in [0.15, 0.2) is 35.5 Å². The lowest BCUT2D eigenvalue weighted by Gasteiger charge is -2.24. The smallest absolute Gasteiger partial charge is 0.335 e. The number of nitrogens with zero attached hydrogens (tertiary/aromatic N) is 2. The van der Waals surface area contributed by atoms with E-state index < -0.39 is 26.7 Å². The molecule has 1 N–H and O–H groups in total. The average molecular weight is 394 g/mol. The van der Waals surface area contributed by atoms with Gasteiger partial charge in [-0.05, 0) is 30.5 Å². The van der Waals surface area contributed by atoms with Gasteiger partial charge in [0.25, 0.3) is 0 Å². The van der Waals surface area contributed by atoms with Crippen LogP contribution in [-0.4, -0.2) is 24.5 Å². The summed E-state index contributed by atoms with van der Waals surface area (Å²) in [6, 6.07) is 2.63. The molecule has 0 aliphatic carbocycles. The Hall–Kier alpha value is -1.58. The monoisotopic (exact) mass is 393 g/mol. The molecule has 0 bridgehead atoms. The molecule has 3 rings (SSSR count). The highest BCUT2D eigenvalue weighted by molar-refractivity contribution is 7.89. The van der Waals surface area contributed by atoms with E-state index in [1.807, 2.05) is 4.57 Å². The Morgan fingerprint density at radius 3 is 2.84 bits per heavy atom. The van der Waals surface area contributed by atoms with Crippen LogP contribution < -0.4 is 4.72 Å². The topological polar surface area (TPSA) is 64.0 Å². The van der Waals surface area contributed by atoms with Crippen molar-refractivity contribution in [1.29, 1.82) is 0 Å². The van der Waals surface area contributed by atoms with Gasteiger partial charge in [-0.2, -0.15) is 13.2 Å². The van der Waals surface area contributed by atoms with E-state index in [2.05, 4.69) is 9.71 Å². The van der Waals surface area contributed by atoms with E-state index >= 15 is 0 Å². The Bertz CT molecular complexity index is 880. The van der Waals surface area contributed by atoms with Gasteiger partial charge in [-0.15, -0.1) is 0 Å². The molecule has 1 atom stereocenters. The fourth-order valence-corrected chi connectivity index (χ4v) is 4.36. The molecular weight excluding hydrogens is 379 g/mol. The minimum absolute atomic E-state index is 0.0156. The first-order valence-electron chi connectivity index (χ1n) is 7.53. The highest BCUT2D eigenvalue weighted by Crippen LogP contribution is 2.35. The number of nitrogens with one attached hydrogen (secondary N) is 1. The molecule has 10 heteroatoms. The zero-order valence-corrected chi connectivity index (χ0v) is 14.5. The van der Waals surface area contributed by atoms with Crippen molar-refractivity contribution in [2.24, 2.45) is 5.92 Å². The predicted molar refractivity (Wildman–Crippen MR) is 85.7 cm³/mol. The maximum absolute atomic E-state index is 13.1. The molecule has 25 heavy (non-hydrogen) atoms. The summed E-state index contributed by atoms with van der Waals surface area (Å²) in [7, 11) is -4.31. The molecule has 0 saturated heterocycles. The molecule has 0 fully saturated rings. The Morgan fingerprint density at radius 1 is 1.36 bits per heavy atom. The molecule has 5 nitrogen and oxygen atoms in total. The van der Waals surface area contributed by atoms with Crippen molar-refractivity contribution in [3.8, 4) is 0 Å². The van der Waals surface area contributed by atoms with Crippen molar-refractivity contribution in [3.63, 3.8) is 0 Å². The zero-order valence-electron chi connectivity index (χ0n) is 12.9. The molecule has 1 aromatic carbocycles. The third kappa shape index (κ3) is 3.99. The summed E-state index contributed by atoms with van der Waals surface area (Å²) >= 11 is 5.58. The van der Waals surface area contributed by atoms with Gasteiger partial charge < -0.3 is 4.57 Å². The van der Waals surface area contributed by atoms with Crippen molar-refractivity contribution in [2.75, 3.05) is 6.54 Å². The van der Waals surface area contributed by atoms with Crippen LogP contribution in [0.5, 0.6) is 0 Å². The second-order valence-electron chi connectivity index (χ2n) is 5.89. The molecule has 136 valence electrons. The minimum atomic E-state index is -4.81. The number of sulfonamides is 1. The average Bonchev–Trinajstić information content (AvgIpc) is 2.99. The van der Waals surface area contributed by atoms with Crippen LogP contribution in [0.1, 0.15) is 17.8 Å². The summed E-state index contributed by atoms with van der Waals surface area (Å²) < 4.78 is 68.3. The number of fused-ring (bicyclic) bond motifs is 1. The van der Waals surface area contributed by atoms with Gasteiger partial charge in [0.15, 0.2) is 0 Å². The number of halogens is 4. The standard InChI is InChI=1S/C15H15ClF3N3O2S/c16-11-2-3-13(12(7-11)15(17,18)19)25(23,24)21-8-10-1-4-14-20-5-6-22(14)9-10/h2-3,5-7,10,21H,1,4,8-9H2/t10-/m1/s1. The molecule has 0 saturated carbocycles. The maximum Gasteiger partial charge on any atom is 0.417 e. The molecule has 0 unspecified atom stereocenters. The van der Waals surface area contributed by atoms with Crippen LogP contribution >= 0.6 is 11.6 Å². The fourth-order valence-electron chi connectivity index (χ4n) is 2.87. The van der Waals surface area contributed by atoms with E-state index in [1.54, 1.807) is 12.4 Å². The van der Waals surface area contributed by atoms with E-state index in [1.165, 1.54) is 0 Å². The summed E-state index contributed by atoms with van der Waals surface area (Å²) in [5.41, 5.74) is -1.27. The van der Waals surface area contributed by atoms with E-state index in [-0.39, 0.29) is 17.5 Å². The van der Waals surface area contributed by atoms with Crippen molar-refractivity contribution >= 4 is 21.6 Å². The lowest BCUT2D eigenvalue weighted by atomic mass is 10.00. The SMILES string of the molecule is O=S(=O)(NC[C@H]1CCc2nccn2C1)c1ccc(Cl)cc1C(F)(F)F. The van der Waals surface area contributed by atoms with Gasteiger partial charge in [-0.1, -0.05) is 11.6 Å². The normalized spacial score (nSPS) is 18.2. The molecular formula is C15H15ClF3N3O2S. The number of hydrogen-bond acceptors (Lipinski definition) is 3. The van der Waals surface area contributed by atoms with Crippen molar-refractivity contribution < 1.29 is 21.6 Å². The number of benzene rings is 1. The lowest BCUT2D eigenvalue weighted by molar-refractivity contribution is -0.139. The lowest BCUT2D eigenvalue weighted by Crippen LogP contribution is -2.34. The zero-order chi connectivity index (χ0) is 18.2. The van der Waals surface area contributed by atoms with Gasteiger partial charge in [-0.3, -0.25) is 0 Å². The Kier molecular flexibility index (Phi) is 4.82. The Morgan fingerprint density at radius 2 is 2.12 bits per heavy atom. The molecule has 1 aromatic heterocycles. The predicted octanol–water partition coefficient (Wildman–Crippen LogP) is 3.10. The van der Waals surface area contributed by atoms with Gasteiger partial charge in [0, 0.05) is 36.9 Å². The first-order chi connectivity index (χ1) is 11.7. The van der Waals surface area contributed by atoms with E-state index in [9.17, 15) is 21.6 Å². The summed E-state index contributed by atoms with van der Waals surface area (Å²) in [5, 5.41) is -0.175. The van der Waals surface area contributed by atoms with Gasteiger partial charge in [0.2, 0.25) is 10.0 Å². The first kappa shape index (κ1) is 18.2. The van der Waals surface area contributed by atoms with E-state index in [0.717, 1.165) is 18.0 Å². The second-order valence-corrected chi connectivity index (χ2v) is 8.06. The van der Waals surface area contributed by atoms with Crippen molar-refractivity contribution in [1.82, 2.24) is 14.3 Å². The van der Waals surface area contributed by atoms with Crippen LogP contribution in [0.25, 0.3) is 0 Å². The van der Waals surface area contributed by atoms with Crippen LogP contribution in [0.2, 0.25) is 5.02 Å². The molecule has 2 heterocycles. The quantitative estimate of drug-likeness (QED) is 0.868. The number of hydrogen-bond donors (Lipinski definition) is 1. The van der Waals surface area contributed by atoms with E-state index in [0.29, 0.717) is 25.5 Å². The summed E-state index contributed by atoms with van der Waals surface area (Å²) in [6.45, 7) is 0.629. The number of rotatable bonds is 4. The van der Waals surface area contributed by atoms with Gasteiger partial charge in [0.05, 0.1) is 10.5 Å².